The van der Waals surface area contributed by atoms with Gasteiger partial charge in [-0.15, -0.1) is 0 Å². The standard InChI is InChI=1S/C31H44N10O2/c1-6-15-32-28-23(20-35-31(37-28)36-25-19-24-22-39(4)40(5)29(24)34-21-25)12-8-7-9-16-33-30(43)26-13-10-18-41(26)27(42)14-11-17-38(2)3/h11,14,19-21,26H,6-7,9-10,13,15-18,22H2,1-5H3,(H,33,43)(H2,32,35,36,37)/b14-11+/t26-/m0/s1. The fraction of sp³-hybridized carbons (Fsp3) is 0.516. The Morgan fingerprint density at radius 1 is 1.19 bits per heavy atom. The van der Waals surface area contributed by atoms with E-state index >= 15 is 0 Å². The largest absolute Gasteiger partial charge is 0.369 e. The topological polar surface area (TPSA) is 122 Å². The molecule has 3 N–H and O–H groups in total. The molecule has 12 heteroatoms. The normalized spacial score (nSPS) is 16.4. The maximum Gasteiger partial charge on any atom is 0.246 e. The van der Waals surface area contributed by atoms with Crippen LogP contribution in [0.2, 0.25) is 0 Å². The molecule has 2 aliphatic heterocycles. The maximum absolute atomic E-state index is 12.8. The van der Waals surface area contributed by atoms with Crippen LogP contribution in [0.5, 0.6) is 0 Å². The molecule has 0 aromatic carbocycles. The summed E-state index contributed by atoms with van der Waals surface area (Å²) in [4.78, 5) is 42.7. The Kier molecular flexibility index (Phi) is 11.3. The average molecular weight is 589 g/mol. The second kappa shape index (κ2) is 15.3. The van der Waals surface area contributed by atoms with Gasteiger partial charge in [-0.2, -0.15) is 4.98 Å². The molecule has 1 atom stereocenters. The number of nitrogens with one attached hydrogen (secondary N) is 3. The average Bonchev–Trinajstić information content (AvgIpc) is 3.58. The summed E-state index contributed by atoms with van der Waals surface area (Å²) in [6, 6.07) is 1.66. The zero-order valence-corrected chi connectivity index (χ0v) is 26.0. The summed E-state index contributed by atoms with van der Waals surface area (Å²) in [5.74, 6) is 8.27. The van der Waals surface area contributed by atoms with Gasteiger partial charge in [0.2, 0.25) is 17.8 Å². The molecule has 4 heterocycles. The third-order valence-corrected chi connectivity index (χ3v) is 7.32. The minimum absolute atomic E-state index is 0.0972. The summed E-state index contributed by atoms with van der Waals surface area (Å²) in [6.45, 7) is 5.46. The molecule has 0 spiro atoms. The second-order valence-electron chi connectivity index (χ2n) is 11.1. The molecule has 4 rings (SSSR count). The van der Waals surface area contributed by atoms with Crippen LogP contribution in [0.4, 0.5) is 23.3 Å². The van der Waals surface area contributed by atoms with Crippen LogP contribution in [0.25, 0.3) is 0 Å². The highest BCUT2D eigenvalue weighted by molar-refractivity contribution is 5.93. The van der Waals surface area contributed by atoms with Gasteiger partial charge < -0.3 is 25.8 Å². The predicted molar refractivity (Wildman–Crippen MR) is 170 cm³/mol. The van der Waals surface area contributed by atoms with Crippen molar-refractivity contribution in [2.24, 2.45) is 0 Å². The van der Waals surface area contributed by atoms with Gasteiger partial charge in [-0.3, -0.25) is 14.6 Å². The van der Waals surface area contributed by atoms with E-state index in [4.69, 9.17) is 0 Å². The van der Waals surface area contributed by atoms with Crippen molar-refractivity contribution in [3.05, 3.63) is 41.7 Å². The minimum atomic E-state index is -0.408. The van der Waals surface area contributed by atoms with Crippen LogP contribution >= 0.6 is 0 Å². The van der Waals surface area contributed by atoms with E-state index in [0.29, 0.717) is 50.7 Å². The van der Waals surface area contributed by atoms with Crippen LogP contribution in [-0.2, 0) is 16.1 Å². The Morgan fingerprint density at radius 2 is 2.02 bits per heavy atom. The zero-order valence-electron chi connectivity index (χ0n) is 26.0. The smallest absolute Gasteiger partial charge is 0.246 e. The van der Waals surface area contributed by atoms with E-state index in [2.05, 4.69) is 60.7 Å². The monoisotopic (exact) mass is 588 g/mol. The van der Waals surface area contributed by atoms with Crippen LogP contribution in [0.1, 0.15) is 50.2 Å². The van der Waals surface area contributed by atoms with Gasteiger partial charge in [-0.05, 0) is 45.8 Å². The molecule has 43 heavy (non-hydrogen) atoms. The number of likely N-dealkylation sites (N-methyl/N-ethyl adjacent to an activating group) is 1. The van der Waals surface area contributed by atoms with Crippen LogP contribution < -0.4 is 21.0 Å². The lowest BCUT2D eigenvalue weighted by Crippen LogP contribution is -2.45. The molecule has 230 valence electrons. The number of anilines is 4. The fourth-order valence-corrected chi connectivity index (χ4v) is 4.96. The van der Waals surface area contributed by atoms with Crippen molar-refractivity contribution in [1.82, 2.24) is 35.1 Å². The molecule has 0 saturated carbocycles. The number of likely N-dealkylation sites (tertiary alicyclic amines) is 1. The van der Waals surface area contributed by atoms with Crippen LogP contribution in [0.15, 0.2) is 30.6 Å². The highest BCUT2D eigenvalue weighted by Gasteiger charge is 2.32. The number of fused-ring (bicyclic) bond motifs is 1. The van der Waals surface area contributed by atoms with Crippen LogP contribution in [0.3, 0.4) is 0 Å². The highest BCUT2D eigenvalue weighted by atomic mass is 16.2. The highest BCUT2D eigenvalue weighted by Crippen LogP contribution is 2.29. The number of carbonyl (C=O) groups is 2. The summed E-state index contributed by atoms with van der Waals surface area (Å²) in [7, 11) is 7.92. The van der Waals surface area contributed by atoms with Gasteiger partial charge in [0.25, 0.3) is 0 Å². The number of carbonyl (C=O) groups excluding carboxylic acids is 2. The predicted octanol–water partition coefficient (Wildman–Crippen LogP) is 2.59. The first kappa shape index (κ1) is 31.7. The molecule has 0 aliphatic carbocycles. The van der Waals surface area contributed by atoms with Crippen LogP contribution in [0, 0.1) is 11.8 Å². The summed E-state index contributed by atoms with van der Waals surface area (Å²) in [5.41, 5.74) is 2.69. The minimum Gasteiger partial charge on any atom is -0.369 e. The number of hydrogen-bond acceptors (Lipinski definition) is 10. The summed E-state index contributed by atoms with van der Waals surface area (Å²) < 4.78 is 0. The maximum atomic E-state index is 12.8. The van der Waals surface area contributed by atoms with Crippen molar-refractivity contribution in [2.75, 3.05) is 70.0 Å². The van der Waals surface area contributed by atoms with Crippen LogP contribution in [-0.4, -0.2) is 102 Å². The third-order valence-electron chi connectivity index (χ3n) is 7.32. The molecule has 2 aromatic heterocycles. The third kappa shape index (κ3) is 8.65. The number of rotatable bonds is 12. The van der Waals surface area contributed by atoms with E-state index in [1.54, 1.807) is 23.4 Å². The van der Waals surface area contributed by atoms with Gasteiger partial charge >= 0.3 is 0 Å². The Labute approximate surface area is 254 Å². The van der Waals surface area contributed by atoms with Gasteiger partial charge in [-0.1, -0.05) is 24.8 Å². The SMILES string of the molecule is CCCNc1nc(Nc2cnc3c(c2)CN(C)N3C)ncc1C#CCCCNC(=O)[C@@H]1CCCN1C(=O)/C=C/CN(C)C. The van der Waals surface area contributed by atoms with Crippen molar-refractivity contribution in [3.63, 3.8) is 0 Å². The van der Waals surface area contributed by atoms with Crippen molar-refractivity contribution >= 4 is 35.1 Å². The van der Waals surface area contributed by atoms with Crippen molar-refractivity contribution in [3.8, 4) is 11.8 Å². The lowest BCUT2D eigenvalue weighted by molar-refractivity contribution is -0.135. The van der Waals surface area contributed by atoms with Gasteiger partial charge in [0.15, 0.2) is 0 Å². The molecule has 0 unspecified atom stereocenters. The number of pyridine rings is 1. The van der Waals surface area contributed by atoms with Gasteiger partial charge in [0, 0.05) is 64.9 Å². The molecule has 0 radical (unpaired) electrons. The number of amides is 2. The van der Waals surface area contributed by atoms with E-state index in [-0.39, 0.29) is 11.8 Å². The molecular weight excluding hydrogens is 544 g/mol. The molecule has 2 aromatic rings. The Hall–Kier alpha value is -4.21. The van der Waals surface area contributed by atoms with Crippen molar-refractivity contribution in [1.29, 1.82) is 0 Å². The first-order valence-corrected chi connectivity index (χ1v) is 15.0. The molecule has 1 saturated heterocycles. The lowest BCUT2D eigenvalue weighted by atomic mass is 10.2. The first-order valence-electron chi connectivity index (χ1n) is 15.0. The summed E-state index contributed by atoms with van der Waals surface area (Å²) >= 11 is 0. The van der Waals surface area contributed by atoms with Gasteiger partial charge in [-0.25, -0.2) is 15.0 Å². The molecule has 2 aliphatic rings. The van der Waals surface area contributed by atoms with Crippen molar-refractivity contribution < 1.29 is 9.59 Å². The Balaban J connectivity index is 1.28. The number of aromatic nitrogens is 3. The molecule has 2 amide bonds. The lowest BCUT2D eigenvalue weighted by Gasteiger charge is -2.22. The van der Waals surface area contributed by atoms with E-state index < -0.39 is 6.04 Å². The molecular formula is C31H44N10O2. The number of nitrogens with zero attached hydrogens (tertiary/aromatic N) is 7. The van der Waals surface area contributed by atoms with E-state index in [1.165, 1.54) is 0 Å². The van der Waals surface area contributed by atoms with Crippen molar-refractivity contribution in [2.45, 2.75) is 51.6 Å². The number of hydrogen-bond donors (Lipinski definition) is 3. The summed E-state index contributed by atoms with van der Waals surface area (Å²) in [6.07, 6.45) is 10.7. The van der Waals surface area contributed by atoms with E-state index in [1.807, 2.05) is 44.2 Å². The molecule has 1 fully saturated rings. The Morgan fingerprint density at radius 3 is 2.81 bits per heavy atom. The van der Waals surface area contributed by atoms with E-state index in [9.17, 15) is 9.59 Å². The quantitative estimate of drug-likeness (QED) is 0.194. The van der Waals surface area contributed by atoms with Gasteiger partial charge in [0.05, 0.1) is 23.6 Å². The molecule has 12 nitrogen and oxygen atoms in total. The second-order valence-corrected chi connectivity index (χ2v) is 11.1. The van der Waals surface area contributed by atoms with Gasteiger partial charge in [0.1, 0.15) is 17.7 Å². The Bertz CT molecular complexity index is 1370. The first-order chi connectivity index (χ1) is 20.8. The molecule has 0 bridgehead atoms. The number of hydrazine groups is 1. The zero-order chi connectivity index (χ0) is 30.8. The summed E-state index contributed by atoms with van der Waals surface area (Å²) in [5, 5.41) is 13.7. The number of unbranched alkanes of at least 4 members (excludes halogenated alkanes) is 1. The van der Waals surface area contributed by atoms with E-state index in [0.717, 1.165) is 48.6 Å². The fourth-order valence-electron chi connectivity index (χ4n) is 4.96.